The van der Waals surface area contributed by atoms with Crippen molar-refractivity contribution in [1.29, 1.82) is 0 Å². The zero-order valence-electron chi connectivity index (χ0n) is 15.8. The van der Waals surface area contributed by atoms with Crippen molar-refractivity contribution in [3.8, 4) is 16.9 Å². The highest BCUT2D eigenvalue weighted by molar-refractivity contribution is 9.10. The number of carbonyl (C=O) groups excluding carboxylic acids is 1. The zero-order chi connectivity index (χ0) is 20.0. The fourth-order valence-electron chi connectivity index (χ4n) is 4.41. The van der Waals surface area contributed by atoms with Gasteiger partial charge in [0.2, 0.25) is 0 Å². The maximum Gasteiger partial charge on any atom is 0.410 e. The maximum absolute atomic E-state index is 12.8. The normalized spacial score (nSPS) is 14.9. The van der Waals surface area contributed by atoms with Gasteiger partial charge in [0.05, 0.1) is 4.47 Å². The number of aromatic hydroxyl groups is 1. The number of amides is 1. The van der Waals surface area contributed by atoms with E-state index < -0.39 is 0 Å². The zero-order valence-corrected chi connectivity index (χ0v) is 17.4. The van der Waals surface area contributed by atoms with Gasteiger partial charge in [0.25, 0.3) is 0 Å². The van der Waals surface area contributed by atoms with Crippen LogP contribution in [-0.4, -0.2) is 29.3 Å². The second kappa shape index (κ2) is 7.23. The molecule has 4 nitrogen and oxygen atoms in total. The van der Waals surface area contributed by atoms with Crippen molar-refractivity contribution in [2.75, 3.05) is 13.2 Å². The molecule has 1 aliphatic carbocycles. The molecule has 1 heterocycles. The number of halogens is 1. The van der Waals surface area contributed by atoms with Gasteiger partial charge in [0.15, 0.2) is 0 Å². The topological polar surface area (TPSA) is 49.8 Å². The Balaban J connectivity index is 1.32. The number of ether oxygens (including phenoxy) is 1. The number of carbonyl (C=O) groups is 1. The molecule has 1 N–H and O–H groups in total. The van der Waals surface area contributed by atoms with E-state index in [1.807, 2.05) is 30.3 Å². The second-order valence-corrected chi connectivity index (χ2v) is 8.40. The molecule has 2 aliphatic rings. The molecule has 0 unspecified atom stereocenters. The Morgan fingerprint density at radius 1 is 1.03 bits per heavy atom. The number of hydrogen-bond donors (Lipinski definition) is 1. The van der Waals surface area contributed by atoms with E-state index >= 15 is 0 Å². The maximum atomic E-state index is 12.8. The van der Waals surface area contributed by atoms with Crippen molar-refractivity contribution >= 4 is 22.0 Å². The molecule has 0 bridgehead atoms. The summed E-state index contributed by atoms with van der Waals surface area (Å²) >= 11 is 3.35. The van der Waals surface area contributed by atoms with Crippen molar-refractivity contribution in [1.82, 2.24) is 4.90 Å². The van der Waals surface area contributed by atoms with Gasteiger partial charge in [-0.05, 0) is 67.9 Å². The largest absolute Gasteiger partial charge is 0.507 e. The Labute approximate surface area is 177 Å². The molecule has 5 heteroatoms. The molecule has 3 aromatic carbocycles. The molecule has 1 aliphatic heterocycles. The van der Waals surface area contributed by atoms with Gasteiger partial charge >= 0.3 is 6.09 Å². The van der Waals surface area contributed by atoms with E-state index in [1.54, 1.807) is 11.0 Å². The lowest BCUT2D eigenvalue weighted by atomic mass is 9.98. The molecule has 29 heavy (non-hydrogen) atoms. The Kier molecular flexibility index (Phi) is 4.55. The molecule has 5 rings (SSSR count). The number of rotatable bonds is 2. The SMILES string of the molecule is O=C(OCC1c2ccccc2-c2ccccc21)N1CCc2cc(O)c(Br)cc2C1. The summed E-state index contributed by atoms with van der Waals surface area (Å²) in [5, 5.41) is 9.86. The lowest BCUT2D eigenvalue weighted by Gasteiger charge is -2.29. The first-order valence-electron chi connectivity index (χ1n) is 9.72. The fraction of sp³-hybridized carbons (Fsp3) is 0.208. The standard InChI is InChI=1S/C24H20BrNO3/c25-22-11-16-13-26(10-9-15(16)12-23(22)27)24(28)29-14-21-19-7-3-1-5-17(19)18-6-2-4-8-20(18)21/h1-8,11-12,21,27H,9-10,13-14H2. The summed E-state index contributed by atoms with van der Waals surface area (Å²) in [7, 11) is 0. The average molecular weight is 450 g/mol. The number of phenols is 1. The van der Waals surface area contributed by atoms with Crippen LogP contribution in [0.5, 0.6) is 5.75 Å². The number of phenolic OH excluding ortho intramolecular Hbond substituents is 1. The third-order valence-electron chi connectivity index (χ3n) is 5.88. The monoisotopic (exact) mass is 449 g/mol. The highest BCUT2D eigenvalue weighted by atomic mass is 79.9. The molecular formula is C24H20BrNO3. The molecule has 0 spiro atoms. The lowest BCUT2D eigenvalue weighted by molar-refractivity contribution is 0.0953. The van der Waals surface area contributed by atoms with Gasteiger partial charge in [-0.3, -0.25) is 0 Å². The first-order chi connectivity index (χ1) is 14.1. The van der Waals surface area contributed by atoms with Gasteiger partial charge in [0, 0.05) is 19.0 Å². The third kappa shape index (κ3) is 3.19. The molecule has 0 saturated carbocycles. The van der Waals surface area contributed by atoms with E-state index in [9.17, 15) is 9.90 Å². The lowest BCUT2D eigenvalue weighted by Crippen LogP contribution is -2.37. The van der Waals surface area contributed by atoms with Gasteiger partial charge < -0.3 is 14.7 Å². The number of nitrogens with zero attached hydrogens (tertiary/aromatic N) is 1. The van der Waals surface area contributed by atoms with Crippen LogP contribution in [-0.2, 0) is 17.7 Å². The van der Waals surface area contributed by atoms with Crippen LogP contribution in [0.4, 0.5) is 4.79 Å². The van der Waals surface area contributed by atoms with Crippen LogP contribution in [0.3, 0.4) is 0 Å². The molecule has 0 saturated heterocycles. The summed E-state index contributed by atoms with van der Waals surface area (Å²) < 4.78 is 6.42. The second-order valence-electron chi connectivity index (χ2n) is 7.55. The van der Waals surface area contributed by atoms with E-state index in [-0.39, 0.29) is 17.8 Å². The Morgan fingerprint density at radius 2 is 1.69 bits per heavy atom. The first kappa shape index (κ1) is 18.3. The summed E-state index contributed by atoms with van der Waals surface area (Å²) in [5.41, 5.74) is 6.99. The number of benzene rings is 3. The predicted octanol–water partition coefficient (Wildman–Crippen LogP) is 5.46. The molecule has 0 aromatic heterocycles. The Hall–Kier alpha value is -2.79. The van der Waals surface area contributed by atoms with Crippen LogP contribution in [0.1, 0.15) is 28.2 Å². The van der Waals surface area contributed by atoms with Gasteiger partial charge in [-0.1, -0.05) is 48.5 Å². The van der Waals surface area contributed by atoms with Gasteiger partial charge in [-0.15, -0.1) is 0 Å². The van der Waals surface area contributed by atoms with E-state index in [4.69, 9.17) is 4.74 Å². The van der Waals surface area contributed by atoms with Crippen LogP contribution in [0.25, 0.3) is 11.1 Å². The van der Waals surface area contributed by atoms with E-state index in [1.165, 1.54) is 22.3 Å². The third-order valence-corrected chi connectivity index (χ3v) is 6.51. The van der Waals surface area contributed by atoms with E-state index in [0.717, 1.165) is 11.1 Å². The van der Waals surface area contributed by atoms with Crippen molar-refractivity contribution < 1.29 is 14.6 Å². The van der Waals surface area contributed by atoms with Crippen molar-refractivity contribution in [2.24, 2.45) is 0 Å². The van der Waals surface area contributed by atoms with Gasteiger partial charge in [0.1, 0.15) is 12.4 Å². The first-order valence-corrected chi connectivity index (χ1v) is 10.5. The Bertz CT molecular complexity index is 1070. The summed E-state index contributed by atoms with van der Waals surface area (Å²) in [6, 6.07) is 20.3. The highest BCUT2D eigenvalue weighted by Crippen LogP contribution is 2.44. The van der Waals surface area contributed by atoms with Crippen molar-refractivity contribution in [2.45, 2.75) is 18.9 Å². The van der Waals surface area contributed by atoms with E-state index in [2.05, 4.69) is 40.2 Å². The fourth-order valence-corrected chi connectivity index (χ4v) is 4.80. The van der Waals surface area contributed by atoms with E-state index in [0.29, 0.717) is 30.6 Å². The Morgan fingerprint density at radius 3 is 2.38 bits per heavy atom. The van der Waals surface area contributed by atoms with Crippen LogP contribution in [0.2, 0.25) is 0 Å². The molecule has 0 radical (unpaired) electrons. The predicted molar refractivity (Wildman–Crippen MR) is 115 cm³/mol. The molecule has 3 aromatic rings. The number of hydrogen-bond acceptors (Lipinski definition) is 3. The average Bonchev–Trinajstić information content (AvgIpc) is 3.06. The summed E-state index contributed by atoms with van der Waals surface area (Å²) in [5.74, 6) is 0.299. The minimum atomic E-state index is -0.290. The summed E-state index contributed by atoms with van der Waals surface area (Å²) in [6.45, 7) is 1.41. The molecule has 0 fully saturated rings. The quantitative estimate of drug-likeness (QED) is 0.564. The van der Waals surface area contributed by atoms with Crippen molar-refractivity contribution in [3.05, 3.63) is 87.4 Å². The molecule has 146 valence electrons. The summed E-state index contributed by atoms with van der Waals surface area (Å²) in [6.07, 6.45) is 0.419. The molecular weight excluding hydrogens is 430 g/mol. The van der Waals surface area contributed by atoms with Gasteiger partial charge in [-0.25, -0.2) is 4.79 Å². The minimum absolute atomic E-state index is 0.0644. The summed E-state index contributed by atoms with van der Waals surface area (Å²) in [4.78, 5) is 14.5. The van der Waals surface area contributed by atoms with Crippen LogP contribution >= 0.6 is 15.9 Å². The molecule has 1 amide bonds. The van der Waals surface area contributed by atoms with Crippen LogP contribution < -0.4 is 0 Å². The molecule has 0 atom stereocenters. The number of fused-ring (bicyclic) bond motifs is 4. The highest BCUT2D eigenvalue weighted by Gasteiger charge is 2.30. The smallest absolute Gasteiger partial charge is 0.410 e. The minimum Gasteiger partial charge on any atom is -0.507 e. The van der Waals surface area contributed by atoms with Gasteiger partial charge in [-0.2, -0.15) is 0 Å². The van der Waals surface area contributed by atoms with Crippen LogP contribution in [0, 0.1) is 0 Å². The van der Waals surface area contributed by atoms with Crippen molar-refractivity contribution in [3.63, 3.8) is 0 Å². The van der Waals surface area contributed by atoms with Crippen LogP contribution in [0.15, 0.2) is 65.1 Å².